The van der Waals surface area contributed by atoms with Crippen LogP contribution in [-0.2, 0) is 14.8 Å². The van der Waals surface area contributed by atoms with Crippen molar-refractivity contribution in [1.82, 2.24) is 9.80 Å². The van der Waals surface area contributed by atoms with Crippen LogP contribution in [0.25, 0.3) is 0 Å². The summed E-state index contributed by atoms with van der Waals surface area (Å²) in [7, 11) is -3.44. The van der Waals surface area contributed by atoms with Crippen molar-refractivity contribution in [2.24, 2.45) is 5.14 Å². The second kappa shape index (κ2) is 5.91. The Bertz CT molecular complexity index is 420. The van der Waals surface area contributed by atoms with Crippen LogP contribution < -0.4 is 5.14 Å². The Kier molecular flexibility index (Phi) is 5.42. The zero-order valence-corrected chi connectivity index (χ0v) is 10.1. The molecule has 0 aromatic heterocycles. The molecule has 0 aliphatic carbocycles. The van der Waals surface area contributed by atoms with E-state index in [2.05, 4.69) is 5.14 Å². The van der Waals surface area contributed by atoms with Crippen molar-refractivity contribution in [1.29, 1.82) is 0 Å². The molecule has 0 saturated carbocycles. The van der Waals surface area contributed by atoms with E-state index < -0.39 is 21.5 Å². The van der Waals surface area contributed by atoms with Gasteiger partial charge in [-0.15, -0.1) is 0 Å². The predicted octanol–water partition coefficient (Wildman–Crippen LogP) is -0.458. The van der Waals surface area contributed by atoms with E-state index in [1.807, 2.05) is 18.1 Å². The van der Waals surface area contributed by atoms with Crippen LogP contribution in [0.1, 0.15) is 0 Å². The molecular weight excluding hydrogens is 279 g/mol. The van der Waals surface area contributed by atoms with Crippen molar-refractivity contribution in [3.05, 3.63) is 12.4 Å². The number of hydrogen-bond acceptors (Lipinski definition) is 5. The molecule has 0 aromatic carbocycles. The minimum atomic E-state index is -5.34. The van der Waals surface area contributed by atoms with Crippen molar-refractivity contribution in [2.75, 3.05) is 20.3 Å². The first-order valence-corrected chi connectivity index (χ1v) is 5.91. The SMILES string of the molecule is CN1C=CN(CC(=O)O)C1.NS(=O)(=O)C(F)(F)F. The molecule has 0 spiro atoms. The fourth-order valence-corrected chi connectivity index (χ4v) is 0.865. The highest BCUT2D eigenvalue weighted by atomic mass is 32.2. The van der Waals surface area contributed by atoms with E-state index in [4.69, 9.17) is 5.11 Å². The van der Waals surface area contributed by atoms with Crippen LogP contribution in [0, 0.1) is 0 Å². The third-order valence-electron chi connectivity index (χ3n) is 1.60. The summed E-state index contributed by atoms with van der Waals surface area (Å²) in [4.78, 5) is 13.8. The van der Waals surface area contributed by atoms with E-state index in [1.54, 1.807) is 11.1 Å². The molecule has 0 aromatic rings. The third kappa shape index (κ3) is 6.30. The molecule has 1 aliphatic heterocycles. The predicted molar refractivity (Wildman–Crippen MR) is 55.3 cm³/mol. The smallest absolute Gasteiger partial charge is 0.480 e. The molecule has 0 fully saturated rings. The largest absolute Gasteiger partial charge is 0.511 e. The van der Waals surface area contributed by atoms with Crippen LogP contribution in [0.3, 0.4) is 0 Å². The summed E-state index contributed by atoms with van der Waals surface area (Å²) in [6.45, 7) is 0.757. The summed E-state index contributed by atoms with van der Waals surface area (Å²) in [5.74, 6) is -0.792. The average Bonchev–Trinajstić information content (AvgIpc) is 2.47. The van der Waals surface area contributed by atoms with Crippen molar-refractivity contribution >= 4 is 16.0 Å². The summed E-state index contributed by atoms with van der Waals surface area (Å²) in [5.41, 5.74) is -5.31. The van der Waals surface area contributed by atoms with Crippen molar-refractivity contribution < 1.29 is 31.5 Å². The monoisotopic (exact) mass is 291 g/mol. The van der Waals surface area contributed by atoms with Gasteiger partial charge in [-0.1, -0.05) is 0 Å². The lowest BCUT2D eigenvalue weighted by Gasteiger charge is -2.14. The number of carboxylic acid groups (broad SMARTS) is 1. The van der Waals surface area contributed by atoms with E-state index in [-0.39, 0.29) is 6.54 Å². The normalized spacial score (nSPS) is 15.4. The topological polar surface area (TPSA) is 104 Å². The number of rotatable bonds is 2. The third-order valence-corrected chi connectivity index (χ3v) is 2.24. The highest BCUT2D eigenvalue weighted by molar-refractivity contribution is 7.90. The molecule has 7 nitrogen and oxygen atoms in total. The first-order chi connectivity index (χ1) is 7.93. The van der Waals surface area contributed by atoms with Gasteiger partial charge < -0.3 is 14.9 Å². The molecule has 0 radical (unpaired) electrons. The second-order valence-electron chi connectivity index (χ2n) is 3.33. The molecule has 3 N–H and O–H groups in total. The van der Waals surface area contributed by atoms with Crippen LogP contribution in [0.4, 0.5) is 13.2 Å². The first kappa shape index (κ1) is 16.5. The van der Waals surface area contributed by atoms with Crippen LogP contribution in [-0.4, -0.2) is 55.1 Å². The summed E-state index contributed by atoms with van der Waals surface area (Å²) in [6.07, 6.45) is 3.62. The maximum Gasteiger partial charge on any atom is 0.511 e. The number of primary sulfonamides is 1. The Hall–Kier alpha value is -1.49. The quantitative estimate of drug-likeness (QED) is 0.713. The Labute approximate surface area is 101 Å². The van der Waals surface area contributed by atoms with Gasteiger partial charge in [0, 0.05) is 19.4 Å². The molecule has 0 atom stereocenters. The van der Waals surface area contributed by atoms with Gasteiger partial charge >= 0.3 is 21.5 Å². The first-order valence-electron chi connectivity index (χ1n) is 4.37. The number of aliphatic carboxylic acids is 1. The fraction of sp³-hybridized carbons (Fsp3) is 0.571. The highest BCUT2D eigenvalue weighted by Gasteiger charge is 2.42. The molecule has 18 heavy (non-hydrogen) atoms. The molecule has 0 amide bonds. The Morgan fingerprint density at radius 2 is 1.89 bits per heavy atom. The molecule has 1 rings (SSSR count). The molecule has 0 bridgehead atoms. The Balaban J connectivity index is 0.000000331. The number of nitrogens with two attached hydrogens (primary N) is 1. The zero-order chi connectivity index (χ0) is 14.6. The number of nitrogens with zero attached hydrogens (tertiary/aromatic N) is 2. The molecule has 1 aliphatic rings. The fourth-order valence-electron chi connectivity index (χ4n) is 0.865. The lowest BCUT2D eigenvalue weighted by atomic mass is 10.6. The van der Waals surface area contributed by atoms with Gasteiger partial charge in [0.15, 0.2) is 0 Å². The van der Waals surface area contributed by atoms with Gasteiger partial charge in [0.25, 0.3) is 0 Å². The minimum Gasteiger partial charge on any atom is -0.480 e. The number of carboxylic acids is 1. The van der Waals surface area contributed by atoms with Gasteiger partial charge in [-0.05, 0) is 0 Å². The van der Waals surface area contributed by atoms with Crippen LogP contribution in [0.15, 0.2) is 12.4 Å². The summed E-state index contributed by atoms with van der Waals surface area (Å²) >= 11 is 0. The maximum atomic E-state index is 10.8. The van der Waals surface area contributed by atoms with E-state index in [0.29, 0.717) is 6.67 Å². The summed E-state index contributed by atoms with van der Waals surface area (Å²) in [6, 6.07) is 0. The van der Waals surface area contributed by atoms with Crippen LogP contribution in [0.5, 0.6) is 0 Å². The van der Waals surface area contributed by atoms with Gasteiger partial charge in [-0.25, -0.2) is 13.6 Å². The number of hydrogen-bond donors (Lipinski definition) is 2. The van der Waals surface area contributed by atoms with Crippen LogP contribution in [0.2, 0.25) is 0 Å². The standard InChI is InChI=1S/C6H10N2O2.CH2F3NO2S/c1-7-2-3-8(5-7)4-6(9)10;2-1(3,4)8(5,6)7/h2-3H,4-5H2,1H3,(H,9,10);(H2,5,6,7). The van der Waals surface area contributed by atoms with Crippen LogP contribution >= 0.6 is 0 Å². The molecular formula is C7H12F3N3O4S. The molecule has 0 unspecified atom stereocenters. The average molecular weight is 291 g/mol. The van der Waals surface area contributed by atoms with Gasteiger partial charge in [0.05, 0.1) is 6.67 Å². The molecule has 11 heteroatoms. The van der Waals surface area contributed by atoms with Crippen molar-refractivity contribution in [3.8, 4) is 0 Å². The molecule has 106 valence electrons. The molecule has 1 heterocycles. The van der Waals surface area contributed by atoms with Crippen molar-refractivity contribution in [2.45, 2.75) is 5.51 Å². The highest BCUT2D eigenvalue weighted by Crippen LogP contribution is 2.18. The zero-order valence-electron chi connectivity index (χ0n) is 9.25. The lowest BCUT2D eigenvalue weighted by molar-refractivity contribution is -0.137. The van der Waals surface area contributed by atoms with E-state index in [0.717, 1.165) is 0 Å². The lowest BCUT2D eigenvalue weighted by Crippen LogP contribution is -2.30. The number of alkyl halides is 3. The summed E-state index contributed by atoms with van der Waals surface area (Å²) in [5, 5.41) is 12.0. The Morgan fingerprint density at radius 1 is 1.44 bits per heavy atom. The van der Waals surface area contributed by atoms with Gasteiger partial charge in [-0.2, -0.15) is 13.2 Å². The van der Waals surface area contributed by atoms with Crippen molar-refractivity contribution in [3.63, 3.8) is 0 Å². The second-order valence-corrected chi connectivity index (χ2v) is 4.88. The van der Waals surface area contributed by atoms with E-state index in [1.165, 1.54) is 0 Å². The van der Waals surface area contributed by atoms with Gasteiger partial charge in [0.2, 0.25) is 0 Å². The number of sulfonamides is 1. The molecule has 0 saturated heterocycles. The van der Waals surface area contributed by atoms with E-state index >= 15 is 0 Å². The number of carbonyl (C=O) groups is 1. The van der Waals surface area contributed by atoms with E-state index in [9.17, 15) is 26.4 Å². The minimum absolute atomic E-state index is 0.0842. The summed E-state index contributed by atoms with van der Waals surface area (Å²) < 4.78 is 51.2. The van der Waals surface area contributed by atoms with Gasteiger partial charge in [0.1, 0.15) is 6.54 Å². The number of halogens is 3. The Morgan fingerprint density at radius 3 is 2.11 bits per heavy atom. The van der Waals surface area contributed by atoms with Gasteiger partial charge in [-0.3, -0.25) is 4.79 Å². The maximum absolute atomic E-state index is 10.8.